The zero-order valence-electron chi connectivity index (χ0n) is 22.3. The number of anilines is 4. The number of fused-ring (bicyclic) bond motifs is 1. The Morgan fingerprint density at radius 2 is 1.98 bits per heavy atom. The lowest BCUT2D eigenvalue weighted by molar-refractivity contribution is -0.111. The van der Waals surface area contributed by atoms with Crippen LogP contribution in [0.1, 0.15) is 0 Å². The first-order chi connectivity index (χ1) is 19.2. The Bertz CT molecular complexity index is 1670. The van der Waals surface area contributed by atoms with Crippen molar-refractivity contribution in [2.75, 3.05) is 60.8 Å². The summed E-state index contributed by atoms with van der Waals surface area (Å²) in [7, 11) is 1.33. The second kappa shape index (κ2) is 11.7. The number of likely N-dealkylation sites (N-methyl/N-ethyl adjacent to an activating group) is 1. The van der Waals surface area contributed by atoms with Gasteiger partial charge in [-0.25, -0.2) is 14.2 Å². The first-order valence-electron chi connectivity index (χ1n) is 12.8. The van der Waals surface area contributed by atoms with Crippen molar-refractivity contribution in [2.24, 2.45) is 0 Å². The van der Waals surface area contributed by atoms with E-state index in [0.29, 0.717) is 59.2 Å². The molecule has 0 unspecified atom stereocenters. The number of H-pyrrole nitrogens is 1. The first kappa shape index (κ1) is 27.6. The second-order valence-corrected chi connectivity index (χ2v) is 12.7. The highest BCUT2D eigenvalue weighted by Crippen LogP contribution is 2.34. The Labute approximate surface area is 238 Å². The smallest absolute Gasteiger partial charge is 0.248 e. The van der Waals surface area contributed by atoms with Crippen LogP contribution in [0.5, 0.6) is 0 Å². The molecule has 0 bridgehead atoms. The van der Waals surface area contributed by atoms with Crippen LogP contribution in [0.15, 0.2) is 67.0 Å². The summed E-state index contributed by atoms with van der Waals surface area (Å²) in [5, 5.41) is 7.62. The van der Waals surface area contributed by atoms with E-state index < -0.39 is 9.73 Å². The molecular weight excluding hydrogens is 548 g/mol. The first-order valence-corrected chi connectivity index (χ1v) is 15.1. The summed E-state index contributed by atoms with van der Waals surface area (Å²) in [4.78, 5) is 29.2. The number of carbonyl (C=O) groups is 1. The third kappa shape index (κ3) is 6.44. The molecule has 0 radical (unpaired) electrons. The third-order valence-corrected chi connectivity index (χ3v) is 8.54. The van der Waals surface area contributed by atoms with Gasteiger partial charge in [-0.15, -0.1) is 0 Å². The number of nitrogens with one attached hydrogen (secondary N) is 4. The van der Waals surface area contributed by atoms with Crippen molar-refractivity contribution < 1.29 is 9.00 Å². The van der Waals surface area contributed by atoms with Gasteiger partial charge in [-0.05, 0) is 38.4 Å². The molecule has 10 nitrogen and oxygen atoms in total. The van der Waals surface area contributed by atoms with Crippen LogP contribution in [0, 0.1) is 4.78 Å². The van der Waals surface area contributed by atoms with E-state index in [2.05, 4.69) is 25.5 Å². The molecule has 208 valence electrons. The van der Waals surface area contributed by atoms with Crippen LogP contribution in [0.4, 0.5) is 23.0 Å². The molecule has 1 amide bonds. The van der Waals surface area contributed by atoms with Gasteiger partial charge in [-0.3, -0.25) is 9.57 Å². The average Bonchev–Trinajstić information content (AvgIpc) is 3.34. The number of aromatic nitrogens is 3. The minimum atomic E-state index is -2.53. The molecule has 4 N–H and O–H groups in total. The molecule has 1 aliphatic heterocycles. The average molecular weight is 579 g/mol. The molecule has 0 aliphatic carbocycles. The summed E-state index contributed by atoms with van der Waals surface area (Å²) in [5.74, 6) is 0.684. The summed E-state index contributed by atoms with van der Waals surface area (Å²) in [5.41, 5.74) is 4.43. The molecule has 2 aromatic carbocycles. The van der Waals surface area contributed by atoms with Gasteiger partial charge < -0.3 is 25.4 Å². The SMILES string of the molecule is CN(C)C/C=C/C(=O)Nc1cc(N2CCS(=N)(=O)CC2)ccc1Nc1ncc(Cl)c(-c2c[nH]c3ccccc23)n1. The Morgan fingerprint density at radius 1 is 1.20 bits per heavy atom. The predicted molar refractivity (Wildman–Crippen MR) is 163 cm³/mol. The number of benzene rings is 2. The number of carbonyl (C=O) groups excluding carboxylic acids is 1. The molecule has 3 heterocycles. The molecule has 12 heteroatoms. The van der Waals surface area contributed by atoms with Gasteiger partial charge in [0.25, 0.3) is 0 Å². The zero-order valence-corrected chi connectivity index (χ0v) is 23.9. The maximum Gasteiger partial charge on any atom is 0.248 e. The Morgan fingerprint density at radius 3 is 2.75 bits per heavy atom. The molecule has 0 atom stereocenters. The van der Waals surface area contributed by atoms with Gasteiger partial charge in [-0.2, -0.15) is 0 Å². The van der Waals surface area contributed by atoms with Crippen LogP contribution in [0.25, 0.3) is 22.2 Å². The Balaban J connectivity index is 1.45. The largest absolute Gasteiger partial charge is 0.370 e. The minimum Gasteiger partial charge on any atom is -0.370 e. The summed E-state index contributed by atoms with van der Waals surface area (Å²) in [6, 6.07) is 13.6. The number of aromatic amines is 1. The number of nitrogens with zero attached hydrogens (tertiary/aromatic N) is 4. The highest BCUT2D eigenvalue weighted by molar-refractivity contribution is 7.92. The molecule has 0 saturated carbocycles. The molecule has 1 saturated heterocycles. The topological polar surface area (TPSA) is 130 Å². The molecule has 1 fully saturated rings. The van der Waals surface area contributed by atoms with Gasteiger partial charge in [0, 0.05) is 75.3 Å². The summed E-state index contributed by atoms with van der Waals surface area (Å²) >= 11 is 6.51. The van der Waals surface area contributed by atoms with E-state index in [1.165, 1.54) is 6.08 Å². The molecule has 40 heavy (non-hydrogen) atoms. The van der Waals surface area contributed by atoms with Crippen LogP contribution in [0.2, 0.25) is 5.02 Å². The van der Waals surface area contributed by atoms with E-state index in [9.17, 15) is 9.00 Å². The van der Waals surface area contributed by atoms with Crippen molar-refractivity contribution in [3.63, 3.8) is 0 Å². The monoisotopic (exact) mass is 578 g/mol. The summed E-state index contributed by atoms with van der Waals surface area (Å²) in [6.07, 6.45) is 6.71. The van der Waals surface area contributed by atoms with Crippen LogP contribution >= 0.6 is 11.6 Å². The van der Waals surface area contributed by atoms with Gasteiger partial charge in [-0.1, -0.05) is 35.9 Å². The van der Waals surface area contributed by atoms with Crippen LogP contribution in [0.3, 0.4) is 0 Å². The Kier molecular flexibility index (Phi) is 8.06. The zero-order chi connectivity index (χ0) is 28.3. The van der Waals surface area contributed by atoms with E-state index in [0.717, 1.165) is 22.2 Å². The quantitative estimate of drug-likeness (QED) is 0.218. The van der Waals surface area contributed by atoms with E-state index in [1.807, 2.05) is 67.7 Å². The van der Waals surface area contributed by atoms with Gasteiger partial charge in [0.1, 0.15) is 0 Å². The third-order valence-electron chi connectivity index (χ3n) is 6.58. The van der Waals surface area contributed by atoms with E-state index >= 15 is 0 Å². The molecule has 5 rings (SSSR count). The lowest BCUT2D eigenvalue weighted by Crippen LogP contribution is -2.39. The molecule has 1 aliphatic rings. The fraction of sp³-hybridized carbons (Fsp3) is 0.250. The number of amides is 1. The van der Waals surface area contributed by atoms with Crippen LogP contribution in [-0.2, 0) is 14.5 Å². The van der Waals surface area contributed by atoms with Gasteiger partial charge in [0.2, 0.25) is 11.9 Å². The minimum absolute atomic E-state index is 0.272. The predicted octanol–water partition coefficient (Wildman–Crippen LogP) is 4.94. The van der Waals surface area contributed by atoms with Gasteiger partial charge >= 0.3 is 0 Å². The number of rotatable bonds is 8. The molecule has 2 aromatic heterocycles. The molecule has 4 aromatic rings. The number of halogens is 1. The standard InChI is InChI=1S/C28H31ClN8O2S/c1-36(2)11-5-8-26(38)33-25-16-19(37-12-14-40(30,39)15-13-37)9-10-24(25)34-28-32-18-22(29)27(35-28)21-17-31-23-7-4-3-6-20(21)23/h3-10,16-18,30-31H,11-15H2,1-2H3,(H,33,38)(H,32,34,35)/b8-5+. The van der Waals surface area contributed by atoms with Crippen molar-refractivity contribution in [1.29, 1.82) is 4.78 Å². The van der Waals surface area contributed by atoms with Gasteiger partial charge in [0.15, 0.2) is 0 Å². The van der Waals surface area contributed by atoms with E-state index in [4.69, 9.17) is 21.4 Å². The molecule has 0 spiro atoms. The van der Waals surface area contributed by atoms with Crippen molar-refractivity contribution in [2.45, 2.75) is 0 Å². The summed E-state index contributed by atoms with van der Waals surface area (Å²) < 4.78 is 20.0. The second-order valence-electron chi connectivity index (χ2n) is 9.85. The van der Waals surface area contributed by atoms with E-state index in [-0.39, 0.29) is 5.91 Å². The summed E-state index contributed by atoms with van der Waals surface area (Å²) in [6.45, 7) is 1.66. The van der Waals surface area contributed by atoms with Crippen molar-refractivity contribution in [3.8, 4) is 11.3 Å². The lowest BCUT2D eigenvalue weighted by atomic mass is 10.1. The van der Waals surface area contributed by atoms with E-state index in [1.54, 1.807) is 12.3 Å². The number of hydrogen-bond donors (Lipinski definition) is 4. The highest BCUT2D eigenvalue weighted by atomic mass is 35.5. The van der Waals surface area contributed by atoms with Crippen molar-refractivity contribution in [1.82, 2.24) is 19.9 Å². The molecular formula is C28H31ClN8O2S. The Hall–Kier alpha value is -3.93. The lowest BCUT2D eigenvalue weighted by Gasteiger charge is -2.30. The van der Waals surface area contributed by atoms with Crippen LogP contribution in [-0.4, -0.2) is 75.2 Å². The maximum absolute atomic E-state index is 12.8. The number of para-hydroxylation sites is 1. The maximum atomic E-state index is 12.8. The van der Waals surface area contributed by atoms with Crippen molar-refractivity contribution >= 4 is 61.2 Å². The fourth-order valence-corrected chi connectivity index (χ4v) is 5.91. The normalized spacial score (nSPS) is 15.2. The van der Waals surface area contributed by atoms with Crippen LogP contribution < -0.4 is 15.5 Å². The highest BCUT2D eigenvalue weighted by Gasteiger charge is 2.21. The number of hydrogen-bond acceptors (Lipinski definition) is 8. The van der Waals surface area contributed by atoms with Gasteiger partial charge in [0.05, 0.1) is 28.3 Å². The van der Waals surface area contributed by atoms with Crippen molar-refractivity contribution in [3.05, 3.63) is 72.0 Å². The fourth-order valence-electron chi connectivity index (χ4n) is 4.48.